The molecule has 8 heteroatoms. The van der Waals surface area contributed by atoms with Crippen LogP contribution in [0, 0.1) is 0 Å². The smallest absolute Gasteiger partial charge is 0.278 e. The average Bonchev–Trinajstić information content (AvgIpc) is 2.40. The van der Waals surface area contributed by atoms with Gasteiger partial charge in [0.05, 0.1) is 0 Å². The minimum Gasteiger partial charge on any atom is -0.307 e. The molecule has 0 bridgehead atoms. The minimum absolute atomic E-state index is 0.149. The first-order valence-electron chi connectivity index (χ1n) is 4.68. The number of anilines is 2. The molecule has 0 aliphatic carbocycles. The molecular formula is C9H9N7O. The predicted molar refractivity (Wildman–Crippen MR) is 59.8 cm³/mol. The van der Waals surface area contributed by atoms with E-state index in [-0.39, 0.29) is 11.6 Å². The number of hydrazine groups is 1. The van der Waals surface area contributed by atoms with Gasteiger partial charge in [0.15, 0.2) is 11.5 Å². The molecule has 2 rings (SSSR count). The number of rotatable bonds is 3. The Morgan fingerprint density at radius 1 is 1.18 bits per heavy atom. The average molecular weight is 231 g/mol. The molecule has 0 aliphatic heterocycles. The number of aromatic nitrogens is 4. The van der Waals surface area contributed by atoms with Gasteiger partial charge in [-0.1, -0.05) is 0 Å². The van der Waals surface area contributed by atoms with Crippen molar-refractivity contribution in [1.82, 2.24) is 20.2 Å². The minimum atomic E-state index is -0.438. The van der Waals surface area contributed by atoms with E-state index >= 15 is 0 Å². The molecule has 0 aliphatic rings. The zero-order valence-electron chi connectivity index (χ0n) is 8.66. The molecule has 0 unspecified atom stereocenters. The molecule has 0 atom stereocenters. The van der Waals surface area contributed by atoms with Gasteiger partial charge in [-0.15, -0.1) is 10.2 Å². The van der Waals surface area contributed by atoms with Crippen LogP contribution in [-0.4, -0.2) is 26.1 Å². The monoisotopic (exact) mass is 231 g/mol. The maximum absolute atomic E-state index is 11.7. The lowest BCUT2D eigenvalue weighted by Gasteiger charge is -2.02. The van der Waals surface area contributed by atoms with Crippen molar-refractivity contribution in [1.29, 1.82) is 0 Å². The Morgan fingerprint density at radius 2 is 1.94 bits per heavy atom. The highest BCUT2D eigenvalue weighted by atomic mass is 16.2. The highest BCUT2D eigenvalue weighted by molar-refractivity contribution is 6.01. The second-order valence-corrected chi connectivity index (χ2v) is 2.97. The Kier molecular flexibility index (Phi) is 3.17. The summed E-state index contributed by atoms with van der Waals surface area (Å²) >= 11 is 0. The van der Waals surface area contributed by atoms with Gasteiger partial charge in [-0.3, -0.25) is 10.1 Å². The van der Waals surface area contributed by atoms with Crippen molar-refractivity contribution in [2.75, 3.05) is 10.7 Å². The third kappa shape index (κ3) is 2.69. The van der Waals surface area contributed by atoms with Crippen LogP contribution in [0.4, 0.5) is 11.8 Å². The Balaban J connectivity index is 2.09. The normalized spacial score (nSPS) is 9.71. The van der Waals surface area contributed by atoms with Crippen LogP contribution in [0.15, 0.2) is 30.6 Å². The molecule has 17 heavy (non-hydrogen) atoms. The molecule has 0 fully saturated rings. The maximum Gasteiger partial charge on any atom is 0.278 e. The summed E-state index contributed by atoms with van der Waals surface area (Å²) < 4.78 is 0. The van der Waals surface area contributed by atoms with E-state index in [1.54, 1.807) is 6.07 Å². The van der Waals surface area contributed by atoms with Crippen LogP contribution in [0.2, 0.25) is 0 Å². The van der Waals surface area contributed by atoms with E-state index in [2.05, 4.69) is 30.9 Å². The van der Waals surface area contributed by atoms with Crippen LogP contribution in [-0.2, 0) is 0 Å². The van der Waals surface area contributed by atoms with E-state index in [0.717, 1.165) is 0 Å². The van der Waals surface area contributed by atoms with Gasteiger partial charge in [0, 0.05) is 12.4 Å². The van der Waals surface area contributed by atoms with E-state index in [1.807, 2.05) is 0 Å². The fourth-order valence-electron chi connectivity index (χ4n) is 1.06. The molecule has 0 aromatic carbocycles. The summed E-state index contributed by atoms with van der Waals surface area (Å²) in [5.74, 6) is 5.27. The predicted octanol–water partition coefficient (Wildman–Crippen LogP) is -0.196. The number of carbonyl (C=O) groups excluding carboxylic acids is 1. The lowest BCUT2D eigenvalue weighted by Crippen LogP contribution is -2.17. The van der Waals surface area contributed by atoms with Crippen LogP contribution in [0.1, 0.15) is 10.5 Å². The van der Waals surface area contributed by atoms with Crippen LogP contribution < -0.4 is 16.6 Å². The van der Waals surface area contributed by atoms with Crippen molar-refractivity contribution in [3.8, 4) is 0 Å². The number of nitrogens with two attached hydrogens (primary N) is 1. The second-order valence-electron chi connectivity index (χ2n) is 2.97. The molecule has 2 aromatic rings. The zero-order valence-corrected chi connectivity index (χ0v) is 8.66. The number of carbonyl (C=O) groups is 1. The van der Waals surface area contributed by atoms with Gasteiger partial charge < -0.3 is 5.43 Å². The number of nitrogen functional groups attached to an aromatic ring is 1. The van der Waals surface area contributed by atoms with Crippen molar-refractivity contribution < 1.29 is 4.79 Å². The van der Waals surface area contributed by atoms with Crippen molar-refractivity contribution in [2.45, 2.75) is 0 Å². The Bertz CT molecular complexity index is 499. The Hall–Kier alpha value is -2.61. The van der Waals surface area contributed by atoms with Crippen LogP contribution in [0.5, 0.6) is 0 Å². The van der Waals surface area contributed by atoms with E-state index < -0.39 is 5.91 Å². The summed E-state index contributed by atoms with van der Waals surface area (Å²) in [7, 11) is 0. The first-order chi connectivity index (χ1) is 8.29. The topological polar surface area (TPSA) is 119 Å². The zero-order chi connectivity index (χ0) is 12.1. The quantitative estimate of drug-likeness (QED) is 0.494. The van der Waals surface area contributed by atoms with E-state index in [4.69, 9.17) is 5.84 Å². The molecule has 1 amide bonds. The van der Waals surface area contributed by atoms with Crippen molar-refractivity contribution in [3.05, 3.63) is 36.3 Å². The van der Waals surface area contributed by atoms with E-state index in [0.29, 0.717) is 5.82 Å². The molecular weight excluding hydrogens is 222 g/mol. The van der Waals surface area contributed by atoms with Gasteiger partial charge in [0.2, 0.25) is 5.95 Å². The maximum atomic E-state index is 11.7. The van der Waals surface area contributed by atoms with E-state index in [9.17, 15) is 4.79 Å². The highest BCUT2D eigenvalue weighted by Gasteiger charge is 2.09. The van der Waals surface area contributed by atoms with Gasteiger partial charge >= 0.3 is 0 Å². The van der Waals surface area contributed by atoms with Crippen molar-refractivity contribution in [2.24, 2.45) is 5.84 Å². The fraction of sp³-hybridized carbons (Fsp3) is 0. The summed E-state index contributed by atoms with van der Waals surface area (Å²) in [5.41, 5.74) is 2.46. The van der Waals surface area contributed by atoms with Crippen molar-refractivity contribution >= 4 is 17.7 Å². The summed E-state index contributed by atoms with van der Waals surface area (Å²) in [6.07, 6.45) is 3.05. The summed E-state index contributed by atoms with van der Waals surface area (Å²) in [6.45, 7) is 0. The molecule has 2 heterocycles. The number of hydrogen-bond acceptors (Lipinski definition) is 7. The SMILES string of the molecule is NNc1ccc(C(=O)Nc2ncccn2)nn1. The van der Waals surface area contributed by atoms with Gasteiger partial charge in [-0.05, 0) is 18.2 Å². The number of nitrogens with zero attached hydrogens (tertiary/aromatic N) is 4. The highest BCUT2D eigenvalue weighted by Crippen LogP contribution is 2.02. The third-order valence-electron chi connectivity index (χ3n) is 1.84. The second kappa shape index (κ2) is 4.94. The standard InChI is InChI=1S/C9H9N7O/c10-14-7-3-2-6(15-16-7)8(17)13-9-11-4-1-5-12-9/h1-5H,10H2,(H,14,16)(H,11,12,13,17). The molecule has 0 saturated heterocycles. The van der Waals surface area contributed by atoms with Crippen LogP contribution in [0.3, 0.4) is 0 Å². The summed E-state index contributed by atoms with van der Waals surface area (Å²) in [6, 6.07) is 4.67. The van der Waals surface area contributed by atoms with Crippen LogP contribution in [0.25, 0.3) is 0 Å². The number of nitrogens with one attached hydrogen (secondary N) is 2. The molecule has 0 radical (unpaired) electrons. The number of hydrogen-bond donors (Lipinski definition) is 3. The van der Waals surface area contributed by atoms with Gasteiger partial charge in [-0.25, -0.2) is 15.8 Å². The molecule has 0 saturated carbocycles. The van der Waals surface area contributed by atoms with Gasteiger partial charge in [-0.2, -0.15) is 0 Å². The molecule has 0 spiro atoms. The van der Waals surface area contributed by atoms with Gasteiger partial charge in [0.1, 0.15) is 0 Å². The number of amides is 1. The molecule has 8 nitrogen and oxygen atoms in total. The first-order valence-corrected chi connectivity index (χ1v) is 4.68. The molecule has 86 valence electrons. The largest absolute Gasteiger partial charge is 0.307 e. The lowest BCUT2D eigenvalue weighted by atomic mass is 10.3. The molecule has 2 aromatic heterocycles. The van der Waals surface area contributed by atoms with Gasteiger partial charge in [0.25, 0.3) is 5.91 Å². The fourth-order valence-corrected chi connectivity index (χ4v) is 1.06. The lowest BCUT2D eigenvalue weighted by molar-refractivity contribution is 0.102. The Labute approximate surface area is 96.3 Å². The van der Waals surface area contributed by atoms with E-state index in [1.165, 1.54) is 24.5 Å². The molecule has 4 N–H and O–H groups in total. The summed E-state index contributed by atoms with van der Waals surface area (Å²) in [5, 5.41) is 9.84. The first kappa shape index (κ1) is 10.9. The Morgan fingerprint density at radius 3 is 2.53 bits per heavy atom. The summed E-state index contributed by atoms with van der Waals surface area (Å²) in [4.78, 5) is 19.4. The van der Waals surface area contributed by atoms with Crippen molar-refractivity contribution in [3.63, 3.8) is 0 Å². The van der Waals surface area contributed by atoms with Crippen LogP contribution >= 0.6 is 0 Å². The third-order valence-corrected chi connectivity index (χ3v) is 1.84.